The molecule has 0 saturated heterocycles. The summed E-state index contributed by atoms with van der Waals surface area (Å²) in [5.74, 6) is -3.46. The molecule has 0 aliphatic carbocycles. The molecule has 0 aliphatic heterocycles. The first-order chi connectivity index (χ1) is 7.17. The Morgan fingerprint density at radius 2 is 1.55 bits per heavy atom. The number of aliphatic carboxylic acids is 1. The van der Waals surface area contributed by atoms with Gasteiger partial charge in [0.05, 0.1) is 5.92 Å². The van der Waals surface area contributed by atoms with Gasteiger partial charge in [-0.3, -0.25) is 14.1 Å². The van der Waals surface area contributed by atoms with Crippen LogP contribution in [0.3, 0.4) is 0 Å². The minimum Gasteiger partial charge on any atom is -0.481 e. The van der Waals surface area contributed by atoms with Crippen LogP contribution in [0.2, 0.25) is 0 Å². The normalized spacial score (nSPS) is 12.2. The number of nitrogens with one attached hydrogen (secondary N) is 1. The number of carboxylic acids is 1. The molecule has 2 atom stereocenters. The van der Waals surface area contributed by atoms with Crippen LogP contribution in [0.25, 0.3) is 0 Å². The third-order valence-electron chi connectivity index (χ3n) is 2.15. The van der Waals surface area contributed by atoms with Crippen molar-refractivity contribution in [3.8, 4) is 0 Å². The van der Waals surface area contributed by atoms with Crippen LogP contribution in [0.1, 0.15) is 56.4 Å². The molecule has 0 aliphatic rings. The van der Waals surface area contributed by atoms with Crippen molar-refractivity contribution in [1.29, 1.82) is 0 Å². The van der Waals surface area contributed by atoms with E-state index < -0.39 is 34.0 Å². The Hall–Kier alpha value is -1.15. The highest BCUT2D eigenvalue weighted by atomic mass is 32.2. The number of carboxylic acid groups (broad SMARTS) is 1. The van der Waals surface area contributed by atoms with E-state index >= 15 is 0 Å². The highest BCUT2D eigenvalue weighted by Gasteiger charge is 2.25. The van der Waals surface area contributed by atoms with Gasteiger partial charge in [-0.1, -0.05) is 43.6 Å². The molecule has 7 nitrogen and oxygen atoms in total. The van der Waals surface area contributed by atoms with E-state index in [2.05, 4.69) is 0 Å². The lowest BCUT2D eigenvalue weighted by Gasteiger charge is -2.15. The highest BCUT2D eigenvalue weighted by Crippen LogP contribution is 2.16. The van der Waals surface area contributed by atoms with E-state index in [0.717, 1.165) is 0 Å². The van der Waals surface area contributed by atoms with Crippen molar-refractivity contribution in [2.24, 2.45) is 11.8 Å². The van der Waals surface area contributed by atoms with E-state index in [0.29, 0.717) is 6.42 Å². The van der Waals surface area contributed by atoms with E-state index in [-0.39, 0.29) is 36.1 Å². The average Bonchev–Trinajstić information content (AvgIpc) is 2.10. The Morgan fingerprint density at radius 3 is 1.80 bits per heavy atom. The molecule has 0 aromatic carbocycles. The summed E-state index contributed by atoms with van der Waals surface area (Å²) >= 11 is 0. The molecule has 8 heteroatoms. The molecule has 0 saturated carbocycles. The van der Waals surface area contributed by atoms with Gasteiger partial charge in [0, 0.05) is 5.92 Å². The molecule has 0 fully saturated rings. The molecule has 0 aromatic rings. The van der Waals surface area contributed by atoms with Crippen molar-refractivity contribution in [2.45, 2.75) is 56.4 Å². The number of hydrogen-bond acceptors (Lipinski definition) is 4. The fraction of sp³-hybridized carbons (Fsp3) is 0.833. The fourth-order valence-electron chi connectivity index (χ4n) is 1.20. The zero-order chi connectivity index (χ0) is 12.9. The predicted octanol–water partition coefficient (Wildman–Crippen LogP) is 2.59. The molecule has 0 bridgehead atoms. The second-order valence-corrected chi connectivity index (χ2v) is 4.68. The zero-order valence-electron chi connectivity index (χ0n) is 9.00. The maximum absolute atomic E-state index is 11.3. The summed E-state index contributed by atoms with van der Waals surface area (Å²) in [6, 6.07) is 0. The minimum atomic E-state index is -4.58. The molecule has 0 radical (unpaired) electrons. The van der Waals surface area contributed by atoms with Crippen molar-refractivity contribution >= 4 is 22.2 Å². The standard InChI is InChI=1S/C8H15NO6S.4CH4/c1-3-6(4-5(2)8(11)12)7(10)9-16(13,14)15;;;;/h5-6H,3-4H2,1-2H3,(H,9,10)(H,11,12)(H,13,14,15);4*1H4. The molecular weight excluding hydrogens is 286 g/mol. The van der Waals surface area contributed by atoms with Gasteiger partial charge in [0.25, 0.3) is 0 Å². The lowest BCUT2D eigenvalue weighted by Crippen LogP contribution is -2.36. The molecule has 0 spiro atoms. The second-order valence-electron chi connectivity index (χ2n) is 3.52. The van der Waals surface area contributed by atoms with Crippen LogP contribution in [0.4, 0.5) is 0 Å². The molecule has 0 rings (SSSR count). The van der Waals surface area contributed by atoms with Crippen LogP contribution in [0.5, 0.6) is 0 Å². The molecule has 20 heavy (non-hydrogen) atoms. The smallest absolute Gasteiger partial charge is 0.359 e. The monoisotopic (exact) mass is 317 g/mol. The van der Waals surface area contributed by atoms with Crippen molar-refractivity contribution in [3.63, 3.8) is 0 Å². The third kappa shape index (κ3) is 13.3. The second kappa shape index (κ2) is 12.9. The number of carbonyl (C=O) groups excluding carboxylic acids is 1. The summed E-state index contributed by atoms with van der Waals surface area (Å²) in [4.78, 5) is 21.9. The summed E-state index contributed by atoms with van der Waals surface area (Å²) in [6.45, 7) is 3.05. The predicted molar refractivity (Wildman–Crippen MR) is 81.8 cm³/mol. The minimum absolute atomic E-state index is 0. The van der Waals surface area contributed by atoms with Crippen molar-refractivity contribution < 1.29 is 27.7 Å². The van der Waals surface area contributed by atoms with Gasteiger partial charge >= 0.3 is 16.3 Å². The summed E-state index contributed by atoms with van der Waals surface area (Å²) in [5.41, 5.74) is 0. The Kier molecular flexibility index (Phi) is 20.1. The number of rotatable bonds is 6. The molecule has 126 valence electrons. The van der Waals surface area contributed by atoms with E-state index in [1.807, 2.05) is 0 Å². The Labute approximate surface area is 123 Å². The third-order valence-corrected chi connectivity index (χ3v) is 2.61. The molecule has 0 aromatic heterocycles. The summed E-state index contributed by atoms with van der Waals surface area (Å²) < 4.78 is 30.6. The first-order valence-electron chi connectivity index (χ1n) is 4.69. The lowest BCUT2D eigenvalue weighted by molar-refractivity contribution is -0.142. The van der Waals surface area contributed by atoms with E-state index in [9.17, 15) is 18.0 Å². The Morgan fingerprint density at radius 1 is 1.15 bits per heavy atom. The van der Waals surface area contributed by atoms with E-state index in [1.165, 1.54) is 11.6 Å². The van der Waals surface area contributed by atoms with Crippen LogP contribution in [-0.4, -0.2) is 30.0 Å². The quantitative estimate of drug-likeness (QED) is 0.647. The summed E-state index contributed by atoms with van der Waals surface area (Å²) in [5, 5.41) is 8.64. The highest BCUT2D eigenvalue weighted by molar-refractivity contribution is 7.84. The lowest BCUT2D eigenvalue weighted by atomic mass is 9.93. The van der Waals surface area contributed by atoms with Crippen LogP contribution in [-0.2, 0) is 19.9 Å². The van der Waals surface area contributed by atoms with Gasteiger partial charge in [-0.05, 0) is 12.8 Å². The Bertz CT molecular complexity index is 366. The number of carbonyl (C=O) groups is 2. The maximum Gasteiger partial charge on any atom is 0.359 e. The number of hydrogen-bond donors (Lipinski definition) is 3. The first-order valence-corrected chi connectivity index (χ1v) is 6.13. The maximum atomic E-state index is 11.3. The van der Waals surface area contributed by atoms with E-state index in [1.54, 1.807) is 6.92 Å². The average molecular weight is 317 g/mol. The van der Waals surface area contributed by atoms with Crippen LogP contribution < -0.4 is 4.72 Å². The van der Waals surface area contributed by atoms with Crippen molar-refractivity contribution in [3.05, 3.63) is 0 Å². The molecule has 2 unspecified atom stereocenters. The van der Waals surface area contributed by atoms with Gasteiger partial charge in [0.2, 0.25) is 5.91 Å². The van der Waals surface area contributed by atoms with Gasteiger partial charge in [-0.2, -0.15) is 8.42 Å². The zero-order valence-corrected chi connectivity index (χ0v) is 9.82. The molecule has 3 N–H and O–H groups in total. The molecule has 1 amide bonds. The SMILES string of the molecule is C.C.C.C.CCC(CC(C)C(=O)O)C(=O)NS(=O)(=O)O. The number of amides is 1. The van der Waals surface area contributed by atoms with Gasteiger partial charge in [0.1, 0.15) is 0 Å². The Balaban J connectivity index is -0.000000187. The van der Waals surface area contributed by atoms with Gasteiger partial charge in [-0.25, -0.2) is 4.72 Å². The van der Waals surface area contributed by atoms with Crippen LogP contribution >= 0.6 is 0 Å². The van der Waals surface area contributed by atoms with Crippen molar-refractivity contribution in [2.75, 3.05) is 0 Å². The van der Waals surface area contributed by atoms with Gasteiger partial charge < -0.3 is 5.11 Å². The first kappa shape index (κ1) is 31.3. The topological polar surface area (TPSA) is 121 Å². The van der Waals surface area contributed by atoms with Crippen molar-refractivity contribution in [1.82, 2.24) is 4.72 Å². The van der Waals surface area contributed by atoms with Gasteiger partial charge in [0.15, 0.2) is 0 Å². The van der Waals surface area contributed by atoms with E-state index in [4.69, 9.17) is 9.66 Å². The summed E-state index contributed by atoms with van der Waals surface area (Å²) in [7, 11) is -4.58. The van der Waals surface area contributed by atoms with Crippen LogP contribution in [0.15, 0.2) is 0 Å². The van der Waals surface area contributed by atoms with Gasteiger partial charge in [-0.15, -0.1) is 0 Å². The summed E-state index contributed by atoms with van der Waals surface area (Å²) in [6.07, 6.45) is 0.312. The largest absolute Gasteiger partial charge is 0.481 e. The molecular formula is C12H31NO6S. The van der Waals surface area contributed by atoms with Crippen LogP contribution in [0, 0.1) is 11.8 Å². The fourth-order valence-corrected chi connectivity index (χ4v) is 1.62. The molecule has 0 heterocycles.